The van der Waals surface area contributed by atoms with Gasteiger partial charge in [0.2, 0.25) is 5.91 Å². The molecule has 5 heteroatoms. The number of benzene rings is 1. The van der Waals surface area contributed by atoms with Crippen LogP contribution in [0.4, 0.5) is 0 Å². The van der Waals surface area contributed by atoms with Gasteiger partial charge in [0.05, 0.1) is 19.6 Å². The van der Waals surface area contributed by atoms with Crippen LogP contribution in [0.3, 0.4) is 0 Å². The fourth-order valence-electron chi connectivity index (χ4n) is 2.81. The van der Waals surface area contributed by atoms with Crippen LogP contribution < -0.4 is 5.32 Å². The van der Waals surface area contributed by atoms with E-state index in [4.69, 9.17) is 4.74 Å². The second-order valence-corrected chi connectivity index (χ2v) is 5.26. The average Bonchev–Trinajstić information content (AvgIpc) is 2.96. The minimum absolute atomic E-state index is 0.0675. The Hall–Kier alpha value is -1.88. The lowest BCUT2D eigenvalue weighted by molar-refractivity contribution is -0.139. The third-order valence-corrected chi connectivity index (χ3v) is 3.97. The molecule has 1 aliphatic heterocycles. The highest BCUT2D eigenvalue weighted by Gasteiger charge is 2.30. The second-order valence-electron chi connectivity index (χ2n) is 5.26. The standard InChI is InChI=1S/C16H22N2O3/c1-17-16(20)14-8-5-9-18(14)11-13-7-4-3-6-12(13)10-15(19)21-2/h3-4,6-7,14H,5,8-11H2,1-2H3,(H,17,20). The van der Waals surface area contributed by atoms with Gasteiger partial charge >= 0.3 is 5.97 Å². The third kappa shape index (κ3) is 3.82. The molecule has 0 spiro atoms. The first-order valence-electron chi connectivity index (χ1n) is 7.25. The van der Waals surface area contributed by atoms with Crippen molar-refractivity contribution in [2.45, 2.75) is 31.8 Å². The number of likely N-dealkylation sites (N-methyl/N-ethyl adjacent to an activating group) is 1. The van der Waals surface area contributed by atoms with Crippen molar-refractivity contribution in [3.63, 3.8) is 0 Å². The van der Waals surface area contributed by atoms with Crippen LogP contribution in [0.5, 0.6) is 0 Å². The van der Waals surface area contributed by atoms with E-state index in [-0.39, 0.29) is 24.3 Å². The lowest BCUT2D eigenvalue weighted by Crippen LogP contribution is -2.41. The van der Waals surface area contributed by atoms with Crippen molar-refractivity contribution < 1.29 is 14.3 Å². The predicted octanol–water partition coefficient (Wildman–Crippen LogP) is 1.11. The topological polar surface area (TPSA) is 58.6 Å². The van der Waals surface area contributed by atoms with Gasteiger partial charge in [0.25, 0.3) is 0 Å². The Balaban J connectivity index is 2.12. The van der Waals surface area contributed by atoms with Crippen LogP contribution in [0.1, 0.15) is 24.0 Å². The van der Waals surface area contributed by atoms with Gasteiger partial charge in [-0.3, -0.25) is 14.5 Å². The Morgan fingerprint density at radius 2 is 2.05 bits per heavy atom. The summed E-state index contributed by atoms with van der Waals surface area (Å²) < 4.78 is 4.74. The summed E-state index contributed by atoms with van der Waals surface area (Å²) in [5, 5.41) is 2.72. The average molecular weight is 290 g/mol. The SMILES string of the molecule is CNC(=O)C1CCCN1Cc1ccccc1CC(=O)OC. The van der Waals surface area contributed by atoms with E-state index in [1.54, 1.807) is 7.05 Å². The van der Waals surface area contributed by atoms with Crippen molar-refractivity contribution in [3.05, 3.63) is 35.4 Å². The number of carbonyl (C=O) groups is 2. The van der Waals surface area contributed by atoms with E-state index in [1.807, 2.05) is 24.3 Å². The van der Waals surface area contributed by atoms with E-state index < -0.39 is 0 Å². The largest absolute Gasteiger partial charge is 0.469 e. The fraction of sp³-hybridized carbons (Fsp3) is 0.500. The molecule has 1 amide bonds. The zero-order valence-electron chi connectivity index (χ0n) is 12.6. The molecule has 5 nitrogen and oxygen atoms in total. The quantitative estimate of drug-likeness (QED) is 0.825. The molecule has 0 aromatic heterocycles. The molecular weight excluding hydrogens is 268 g/mol. The first kappa shape index (κ1) is 15.5. The maximum absolute atomic E-state index is 11.9. The molecule has 0 bridgehead atoms. The summed E-state index contributed by atoms with van der Waals surface area (Å²) in [6.07, 6.45) is 2.18. The summed E-state index contributed by atoms with van der Waals surface area (Å²) >= 11 is 0. The van der Waals surface area contributed by atoms with E-state index in [0.29, 0.717) is 6.54 Å². The Morgan fingerprint density at radius 1 is 1.33 bits per heavy atom. The van der Waals surface area contributed by atoms with Gasteiger partial charge in [-0.25, -0.2) is 0 Å². The summed E-state index contributed by atoms with van der Waals surface area (Å²) in [6.45, 7) is 1.59. The number of hydrogen-bond acceptors (Lipinski definition) is 4. The van der Waals surface area contributed by atoms with Gasteiger partial charge in [-0.15, -0.1) is 0 Å². The molecule has 0 saturated carbocycles. The summed E-state index contributed by atoms with van der Waals surface area (Å²) in [5.41, 5.74) is 2.05. The second kappa shape index (κ2) is 7.22. The van der Waals surface area contributed by atoms with Crippen LogP contribution in [-0.4, -0.2) is 43.5 Å². The molecule has 114 valence electrons. The minimum Gasteiger partial charge on any atom is -0.469 e. The number of ether oxygens (including phenoxy) is 1. The molecule has 0 radical (unpaired) electrons. The molecule has 1 aromatic rings. The molecule has 1 fully saturated rings. The van der Waals surface area contributed by atoms with Gasteiger partial charge in [-0.05, 0) is 30.5 Å². The van der Waals surface area contributed by atoms with E-state index in [0.717, 1.165) is 30.5 Å². The number of amides is 1. The molecule has 1 aromatic carbocycles. The third-order valence-electron chi connectivity index (χ3n) is 3.97. The monoisotopic (exact) mass is 290 g/mol. The Kier molecular flexibility index (Phi) is 5.33. The van der Waals surface area contributed by atoms with Crippen LogP contribution >= 0.6 is 0 Å². The van der Waals surface area contributed by atoms with Crippen molar-refractivity contribution in [1.29, 1.82) is 0 Å². The molecule has 1 atom stereocenters. The molecular formula is C16H22N2O3. The zero-order valence-corrected chi connectivity index (χ0v) is 12.6. The normalized spacial score (nSPS) is 18.5. The van der Waals surface area contributed by atoms with Gasteiger partial charge in [-0.2, -0.15) is 0 Å². The van der Waals surface area contributed by atoms with Crippen LogP contribution in [0.25, 0.3) is 0 Å². The maximum Gasteiger partial charge on any atom is 0.309 e. The number of likely N-dealkylation sites (tertiary alicyclic amines) is 1. The van der Waals surface area contributed by atoms with Crippen molar-refractivity contribution in [2.75, 3.05) is 20.7 Å². The van der Waals surface area contributed by atoms with Crippen molar-refractivity contribution >= 4 is 11.9 Å². The Bertz CT molecular complexity index is 516. The van der Waals surface area contributed by atoms with E-state index in [1.165, 1.54) is 7.11 Å². The number of nitrogens with one attached hydrogen (secondary N) is 1. The number of carbonyl (C=O) groups excluding carboxylic acids is 2. The summed E-state index contributed by atoms with van der Waals surface area (Å²) in [7, 11) is 3.07. The van der Waals surface area contributed by atoms with Gasteiger partial charge in [-0.1, -0.05) is 24.3 Å². The lowest BCUT2D eigenvalue weighted by atomic mass is 10.0. The van der Waals surface area contributed by atoms with Crippen LogP contribution in [-0.2, 0) is 27.3 Å². The van der Waals surface area contributed by atoms with Gasteiger partial charge < -0.3 is 10.1 Å². The van der Waals surface area contributed by atoms with Crippen molar-refractivity contribution in [2.24, 2.45) is 0 Å². The van der Waals surface area contributed by atoms with Gasteiger partial charge in [0, 0.05) is 13.6 Å². The highest BCUT2D eigenvalue weighted by atomic mass is 16.5. The molecule has 1 N–H and O–H groups in total. The summed E-state index contributed by atoms with van der Waals surface area (Å²) in [4.78, 5) is 25.6. The van der Waals surface area contributed by atoms with Crippen LogP contribution in [0.2, 0.25) is 0 Å². The van der Waals surface area contributed by atoms with Crippen LogP contribution in [0.15, 0.2) is 24.3 Å². The highest BCUT2D eigenvalue weighted by Crippen LogP contribution is 2.22. The summed E-state index contributed by atoms with van der Waals surface area (Å²) in [6, 6.07) is 7.76. The Labute approximate surface area is 125 Å². The number of hydrogen-bond donors (Lipinski definition) is 1. The Morgan fingerprint density at radius 3 is 2.71 bits per heavy atom. The zero-order chi connectivity index (χ0) is 15.2. The molecule has 0 aliphatic carbocycles. The summed E-state index contributed by atoms with van der Waals surface area (Å²) in [5.74, 6) is -0.176. The lowest BCUT2D eigenvalue weighted by Gasteiger charge is -2.24. The first-order valence-corrected chi connectivity index (χ1v) is 7.25. The smallest absolute Gasteiger partial charge is 0.309 e. The number of nitrogens with zero attached hydrogens (tertiary/aromatic N) is 1. The fourth-order valence-corrected chi connectivity index (χ4v) is 2.81. The molecule has 1 heterocycles. The molecule has 1 aliphatic rings. The molecule has 21 heavy (non-hydrogen) atoms. The number of esters is 1. The molecule has 1 unspecified atom stereocenters. The van der Waals surface area contributed by atoms with E-state index >= 15 is 0 Å². The van der Waals surface area contributed by atoms with Gasteiger partial charge in [0.15, 0.2) is 0 Å². The van der Waals surface area contributed by atoms with E-state index in [9.17, 15) is 9.59 Å². The van der Waals surface area contributed by atoms with Crippen molar-refractivity contribution in [3.8, 4) is 0 Å². The van der Waals surface area contributed by atoms with Crippen molar-refractivity contribution in [1.82, 2.24) is 10.2 Å². The molecule has 2 rings (SSSR count). The van der Waals surface area contributed by atoms with Crippen LogP contribution in [0, 0.1) is 0 Å². The minimum atomic E-state index is -0.244. The number of rotatable bonds is 5. The van der Waals surface area contributed by atoms with Gasteiger partial charge in [0.1, 0.15) is 0 Å². The molecule has 1 saturated heterocycles. The number of methoxy groups -OCH3 is 1. The van der Waals surface area contributed by atoms with E-state index in [2.05, 4.69) is 10.2 Å². The highest BCUT2D eigenvalue weighted by molar-refractivity contribution is 5.81. The first-order chi connectivity index (χ1) is 10.2. The maximum atomic E-state index is 11.9. The predicted molar refractivity (Wildman–Crippen MR) is 79.7 cm³/mol.